The summed E-state index contributed by atoms with van der Waals surface area (Å²) in [6.07, 6.45) is -1.31. The summed E-state index contributed by atoms with van der Waals surface area (Å²) < 4.78 is 44.9. The lowest BCUT2D eigenvalue weighted by Gasteiger charge is -2.14. The first kappa shape index (κ1) is 24.9. The Kier molecular flexibility index (Phi) is 7.97. The Morgan fingerprint density at radius 1 is 1.06 bits per heavy atom. The van der Waals surface area contributed by atoms with Crippen LogP contribution >= 0.6 is 11.3 Å². The van der Waals surface area contributed by atoms with E-state index in [-0.39, 0.29) is 16.5 Å². The monoisotopic (exact) mass is 471 g/mol. The van der Waals surface area contributed by atoms with Gasteiger partial charge in [-0.3, -0.25) is 14.4 Å². The quantitative estimate of drug-likeness (QED) is 0.424. The number of benzene rings is 1. The Hall–Kier alpha value is -3.41. The number of ether oxygens (including phenoxy) is 1. The van der Waals surface area contributed by atoms with Crippen LogP contribution in [0.3, 0.4) is 0 Å². The molecule has 0 bridgehead atoms. The van der Waals surface area contributed by atoms with Crippen molar-refractivity contribution in [2.75, 3.05) is 17.2 Å². The number of nitrogens with one attached hydrogen (secondary N) is 3. The molecular weight excluding hydrogens is 451 g/mol. The smallest absolute Gasteiger partial charge is 0.342 e. The van der Waals surface area contributed by atoms with Gasteiger partial charge in [0.1, 0.15) is 5.00 Å². The molecule has 8 nitrogen and oxygen atoms in total. The molecule has 0 aliphatic heterocycles. The highest BCUT2D eigenvalue weighted by atomic mass is 32.1. The Balaban J connectivity index is 1.96. The van der Waals surface area contributed by atoms with Crippen LogP contribution in [0.15, 0.2) is 12.1 Å². The van der Waals surface area contributed by atoms with Gasteiger partial charge in [-0.15, -0.1) is 11.3 Å². The number of carbonyl (C=O) groups is 4. The van der Waals surface area contributed by atoms with Gasteiger partial charge in [-0.25, -0.2) is 18.0 Å². The largest absolute Gasteiger partial charge is 0.449 e. The molecule has 1 aromatic carbocycles. The van der Waals surface area contributed by atoms with Crippen LogP contribution in [-0.2, 0) is 19.1 Å². The normalized spacial score (nSPS) is 11.5. The average Bonchev–Trinajstić information content (AvgIpc) is 2.99. The maximum absolute atomic E-state index is 13.6. The van der Waals surface area contributed by atoms with Gasteiger partial charge in [-0.05, 0) is 38.5 Å². The second-order valence-corrected chi connectivity index (χ2v) is 7.93. The van der Waals surface area contributed by atoms with Crippen molar-refractivity contribution in [2.45, 2.75) is 33.8 Å². The van der Waals surface area contributed by atoms with Gasteiger partial charge >= 0.3 is 5.97 Å². The third-order valence-corrected chi connectivity index (χ3v) is 5.39. The van der Waals surface area contributed by atoms with E-state index in [0.29, 0.717) is 11.6 Å². The van der Waals surface area contributed by atoms with Crippen LogP contribution in [0.25, 0.3) is 0 Å². The Morgan fingerprint density at radius 2 is 1.72 bits per heavy atom. The van der Waals surface area contributed by atoms with Gasteiger partial charge < -0.3 is 20.7 Å². The van der Waals surface area contributed by atoms with E-state index in [1.165, 1.54) is 25.2 Å². The summed E-state index contributed by atoms with van der Waals surface area (Å²) in [6, 6.07) is 1.47. The van der Waals surface area contributed by atoms with Crippen LogP contribution in [0, 0.1) is 31.3 Å². The SMILES string of the molecule is CC(=O)Nc1sc(C)c(C)c1C(=O)OC(C)C(=O)NCC(=O)Nc1ccc(F)c(F)c1F. The van der Waals surface area contributed by atoms with Gasteiger partial charge in [-0.1, -0.05) is 0 Å². The summed E-state index contributed by atoms with van der Waals surface area (Å²) in [7, 11) is 0. The summed E-state index contributed by atoms with van der Waals surface area (Å²) >= 11 is 1.18. The molecule has 12 heteroatoms. The van der Waals surface area contributed by atoms with Gasteiger partial charge in [0.2, 0.25) is 11.8 Å². The zero-order valence-corrected chi connectivity index (χ0v) is 18.3. The highest BCUT2D eigenvalue weighted by Crippen LogP contribution is 2.33. The molecule has 0 fully saturated rings. The molecule has 1 unspecified atom stereocenters. The molecule has 2 aromatic rings. The van der Waals surface area contributed by atoms with Gasteiger partial charge in [0.25, 0.3) is 5.91 Å². The molecule has 3 amide bonds. The van der Waals surface area contributed by atoms with E-state index in [1.807, 2.05) is 5.32 Å². The van der Waals surface area contributed by atoms with Crippen LogP contribution in [-0.4, -0.2) is 36.3 Å². The molecular formula is C20H20F3N3O5S. The fourth-order valence-corrected chi connectivity index (χ4v) is 3.62. The molecule has 172 valence electrons. The van der Waals surface area contributed by atoms with Crippen molar-refractivity contribution < 1.29 is 37.1 Å². The van der Waals surface area contributed by atoms with E-state index in [2.05, 4.69) is 10.6 Å². The molecule has 2 rings (SSSR count). The highest BCUT2D eigenvalue weighted by Gasteiger charge is 2.26. The third-order valence-electron chi connectivity index (χ3n) is 4.26. The van der Waals surface area contributed by atoms with E-state index >= 15 is 0 Å². The molecule has 1 aromatic heterocycles. The van der Waals surface area contributed by atoms with Crippen molar-refractivity contribution >= 4 is 45.7 Å². The highest BCUT2D eigenvalue weighted by molar-refractivity contribution is 7.16. The first-order valence-corrected chi connectivity index (χ1v) is 10.0. The summed E-state index contributed by atoms with van der Waals surface area (Å²) in [5.41, 5.74) is 0.106. The van der Waals surface area contributed by atoms with Crippen molar-refractivity contribution in [1.82, 2.24) is 5.32 Å². The Morgan fingerprint density at radius 3 is 2.34 bits per heavy atom. The molecule has 1 atom stereocenters. The van der Waals surface area contributed by atoms with Crippen LogP contribution in [0.5, 0.6) is 0 Å². The lowest BCUT2D eigenvalue weighted by molar-refractivity contribution is -0.130. The first-order chi connectivity index (χ1) is 14.9. The molecule has 3 N–H and O–H groups in total. The summed E-state index contributed by atoms with van der Waals surface area (Å²) in [5.74, 6) is -7.71. The fraction of sp³-hybridized carbons (Fsp3) is 0.300. The molecule has 0 spiro atoms. The van der Waals surface area contributed by atoms with Crippen LogP contribution in [0.4, 0.5) is 23.9 Å². The zero-order chi connectivity index (χ0) is 24.2. The predicted molar refractivity (Wildman–Crippen MR) is 111 cm³/mol. The number of thiophene rings is 1. The first-order valence-electron chi connectivity index (χ1n) is 9.22. The summed E-state index contributed by atoms with van der Waals surface area (Å²) in [6.45, 7) is 5.33. The van der Waals surface area contributed by atoms with Crippen molar-refractivity contribution in [3.63, 3.8) is 0 Å². The number of rotatable bonds is 7. The van der Waals surface area contributed by atoms with Crippen LogP contribution < -0.4 is 16.0 Å². The minimum atomic E-state index is -1.75. The maximum atomic E-state index is 13.6. The second kappa shape index (κ2) is 10.3. The Labute approximate surface area is 185 Å². The second-order valence-electron chi connectivity index (χ2n) is 6.70. The fourth-order valence-electron chi connectivity index (χ4n) is 2.52. The van der Waals surface area contributed by atoms with E-state index in [0.717, 1.165) is 10.9 Å². The molecule has 0 radical (unpaired) electrons. The number of esters is 1. The number of hydrogen-bond acceptors (Lipinski definition) is 6. The van der Waals surface area contributed by atoms with E-state index in [1.54, 1.807) is 13.8 Å². The number of aryl methyl sites for hydroxylation is 1. The van der Waals surface area contributed by atoms with Crippen molar-refractivity contribution in [1.29, 1.82) is 0 Å². The number of amides is 3. The van der Waals surface area contributed by atoms with E-state index < -0.39 is 53.6 Å². The van der Waals surface area contributed by atoms with Crippen LogP contribution in [0.1, 0.15) is 34.6 Å². The van der Waals surface area contributed by atoms with Crippen molar-refractivity contribution in [3.05, 3.63) is 45.6 Å². The average molecular weight is 471 g/mol. The summed E-state index contributed by atoms with van der Waals surface area (Å²) in [5, 5.41) is 7.01. The van der Waals surface area contributed by atoms with Crippen molar-refractivity contribution in [3.8, 4) is 0 Å². The molecule has 32 heavy (non-hydrogen) atoms. The molecule has 0 aliphatic rings. The van der Waals surface area contributed by atoms with Crippen molar-refractivity contribution in [2.24, 2.45) is 0 Å². The maximum Gasteiger partial charge on any atom is 0.342 e. The summed E-state index contributed by atoms with van der Waals surface area (Å²) in [4.78, 5) is 48.7. The Bertz CT molecular complexity index is 1090. The molecule has 0 saturated heterocycles. The van der Waals surface area contributed by atoms with E-state index in [4.69, 9.17) is 4.74 Å². The third kappa shape index (κ3) is 5.84. The number of halogens is 3. The number of carbonyl (C=O) groups excluding carboxylic acids is 4. The number of hydrogen-bond donors (Lipinski definition) is 3. The topological polar surface area (TPSA) is 114 Å². The minimum absolute atomic E-state index is 0.119. The molecule has 0 aliphatic carbocycles. The standard InChI is InChI=1S/C20H20F3N3O5S/c1-8-10(3)32-19(25-11(4)27)15(8)20(30)31-9(2)18(29)24-7-14(28)26-13-6-5-12(21)16(22)17(13)23/h5-6,9H,7H2,1-4H3,(H,24,29)(H,25,27)(H,26,28). The predicted octanol–water partition coefficient (Wildman–Crippen LogP) is 3.04. The molecule has 1 heterocycles. The lowest BCUT2D eigenvalue weighted by Crippen LogP contribution is -2.40. The van der Waals surface area contributed by atoms with Gasteiger partial charge in [-0.2, -0.15) is 0 Å². The molecule has 0 saturated carbocycles. The number of anilines is 2. The van der Waals surface area contributed by atoms with Crippen LogP contribution in [0.2, 0.25) is 0 Å². The van der Waals surface area contributed by atoms with Gasteiger partial charge in [0.15, 0.2) is 23.6 Å². The van der Waals surface area contributed by atoms with Gasteiger partial charge in [0.05, 0.1) is 17.8 Å². The van der Waals surface area contributed by atoms with E-state index in [9.17, 15) is 32.3 Å². The lowest BCUT2D eigenvalue weighted by atomic mass is 10.1. The minimum Gasteiger partial charge on any atom is -0.449 e. The zero-order valence-electron chi connectivity index (χ0n) is 17.5. The van der Waals surface area contributed by atoms with Gasteiger partial charge in [0, 0.05) is 11.8 Å².